The summed E-state index contributed by atoms with van der Waals surface area (Å²) in [5.41, 5.74) is 0.951. The molecule has 4 heteroatoms. The molecule has 0 radical (unpaired) electrons. The summed E-state index contributed by atoms with van der Waals surface area (Å²) in [6.45, 7) is 0.504. The van der Waals surface area contributed by atoms with E-state index in [1.54, 1.807) is 11.7 Å². The molecular weight excluding hydrogens is 204 g/mol. The van der Waals surface area contributed by atoms with Crippen LogP contribution in [0.2, 0.25) is 0 Å². The highest BCUT2D eigenvalue weighted by atomic mass is 16.5. The molecule has 0 bridgehead atoms. The second-order valence-corrected chi connectivity index (χ2v) is 3.40. The van der Waals surface area contributed by atoms with Crippen molar-refractivity contribution in [1.29, 1.82) is 0 Å². The van der Waals surface area contributed by atoms with Crippen LogP contribution in [0.15, 0.2) is 47.7 Å². The van der Waals surface area contributed by atoms with Crippen LogP contribution in [0, 0.1) is 0 Å². The molecule has 16 heavy (non-hydrogen) atoms. The predicted molar refractivity (Wildman–Crippen MR) is 60.6 cm³/mol. The number of hydrogen-bond donors (Lipinski definition) is 0. The number of nitrogens with zero attached hydrogens (tertiary/aromatic N) is 2. The highest BCUT2D eigenvalue weighted by molar-refractivity contribution is 5.28. The molecule has 0 fully saturated rings. The number of aromatic nitrogens is 2. The van der Waals surface area contributed by atoms with Crippen molar-refractivity contribution in [2.24, 2.45) is 0 Å². The summed E-state index contributed by atoms with van der Waals surface area (Å²) in [6.07, 6.45) is 3.02. The predicted octanol–water partition coefficient (Wildman–Crippen LogP) is 1.30. The van der Waals surface area contributed by atoms with Gasteiger partial charge in [-0.05, 0) is 17.7 Å². The average Bonchev–Trinajstić information content (AvgIpc) is 2.32. The Kier molecular flexibility index (Phi) is 3.00. The summed E-state index contributed by atoms with van der Waals surface area (Å²) in [7, 11) is 1.62. The molecule has 0 unspecified atom stereocenters. The van der Waals surface area contributed by atoms with Crippen molar-refractivity contribution in [3.8, 4) is 5.75 Å². The van der Waals surface area contributed by atoms with Crippen LogP contribution in [-0.4, -0.2) is 16.7 Å². The first-order chi connectivity index (χ1) is 7.79. The van der Waals surface area contributed by atoms with Gasteiger partial charge in [0.25, 0.3) is 5.56 Å². The number of methoxy groups -OCH3 is 1. The molecule has 0 aliphatic carbocycles. The van der Waals surface area contributed by atoms with Gasteiger partial charge in [-0.2, -0.15) is 0 Å². The average molecular weight is 216 g/mol. The van der Waals surface area contributed by atoms with Crippen molar-refractivity contribution in [2.75, 3.05) is 7.11 Å². The van der Waals surface area contributed by atoms with Gasteiger partial charge in [-0.15, -0.1) is 0 Å². The van der Waals surface area contributed by atoms with E-state index in [1.807, 2.05) is 24.3 Å². The first-order valence-electron chi connectivity index (χ1n) is 4.93. The van der Waals surface area contributed by atoms with Gasteiger partial charge in [0.15, 0.2) is 0 Å². The Balaban J connectivity index is 2.27. The molecule has 0 spiro atoms. The minimum atomic E-state index is -0.0576. The van der Waals surface area contributed by atoms with Crippen LogP contribution < -0.4 is 10.3 Å². The van der Waals surface area contributed by atoms with Gasteiger partial charge in [0.2, 0.25) is 0 Å². The van der Waals surface area contributed by atoms with Crippen LogP contribution >= 0.6 is 0 Å². The molecule has 0 amide bonds. The van der Waals surface area contributed by atoms with Crippen molar-refractivity contribution in [3.63, 3.8) is 0 Å². The molecule has 2 rings (SSSR count). The van der Waals surface area contributed by atoms with E-state index < -0.39 is 0 Å². The summed E-state index contributed by atoms with van der Waals surface area (Å²) in [5.74, 6) is 0.787. The van der Waals surface area contributed by atoms with Crippen LogP contribution in [0.5, 0.6) is 5.75 Å². The molecule has 0 aliphatic heterocycles. The van der Waals surface area contributed by atoms with Crippen LogP contribution in [0.3, 0.4) is 0 Å². The maximum absolute atomic E-state index is 11.5. The Morgan fingerprint density at radius 1 is 1.38 bits per heavy atom. The van der Waals surface area contributed by atoms with Crippen LogP contribution in [0.25, 0.3) is 0 Å². The summed E-state index contributed by atoms with van der Waals surface area (Å²) in [4.78, 5) is 15.4. The highest BCUT2D eigenvalue weighted by Crippen LogP contribution is 2.12. The fourth-order valence-corrected chi connectivity index (χ4v) is 1.46. The number of benzene rings is 1. The number of ether oxygens (including phenoxy) is 1. The third kappa shape index (κ3) is 2.28. The summed E-state index contributed by atoms with van der Waals surface area (Å²) in [5, 5.41) is 0. The molecule has 0 aliphatic rings. The molecule has 82 valence electrons. The lowest BCUT2D eigenvalue weighted by Gasteiger charge is -2.06. The molecule has 4 nitrogen and oxygen atoms in total. The van der Waals surface area contributed by atoms with Gasteiger partial charge in [0, 0.05) is 12.3 Å². The van der Waals surface area contributed by atoms with Gasteiger partial charge in [-0.25, -0.2) is 4.98 Å². The monoisotopic (exact) mass is 216 g/mol. The first kappa shape index (κ1) is 10.4. The summed E-state index contributed by atoms with van der Waals surface area (Å²) < 4.78 is 6.67. The van der Waals surface area contributed by atoms with Crippen molar-refractivity contribution < 1.29 is 4.74 Å². The van der Waals surface area contributed by atoms with Gasteiger partial charge >= 0.3 is 0 Å². The molecule has 0 saturated heterocycles. The van der Waals surface area contributed by atoms with E-state index >= 15 is 0 Å². The fourth-order valence-electron chi connectivity index (χ4n) is 1.46. The minimum absolute atomic E-state index is 0.0576. The van der Waals surface area contributed by atoms with Crippen molar-refractivity contribution in [3.05, 3.63) is 58.8 Å². The van der Waals surface area contributed by atoms with Crippen LogP contribution in [0.1, 0.15) is 5.56 Å². The van der Waals surface area contributed by atoms with Gasteiger partial charge < -0.3 is 4.74 Å². The molecule has 0 atom stereocenters. The molecule has 0 N–H and O–H groups in total. The Morgan fingerprint density at radius 2 is 2.25 bits per heavy atom. The normalized spacial score (nSPS) is 10.1. The maximum Gasteiger partial charge on any atom is 0.253 e. The summed E-state index contributed by atoms with van der Waals surface area (Å²) >= 11 is 0. The van der Waals surface area contributed by atoms with E-state index in [1.165, 1.54) is 18.6 Å². The lowest BCUT2D eigenvalue weighted by molar-refractivity contribution is 0.414. The zero-order valence-corrected chi connectivity index (χ0v) is 8.96. The van der Waals surface area contributed by atoms with E-state index in [4.69, 9.17) is 4.74 Å². The van der Waals surface area contributed by atoms with E-state index in [9.17, 15) is 4.79 Å². The van der Waals surface area contributed by atoms with Gasteiger partial charge in [0.05, 0.1) is 20.0 Å². The quantitative estimate of drug-likeness (QED) is 0.776. The maximum atomic E-state index is 11.5. The van der Waals surface area contributed by atoms with E-state index in [0.717, 1.165) is 11.3 Å². The zero-order chi connectivity index (χ0) is 11.4. The fraction of sp³-hybridized carbons (Fsp3) is 0.167. The second-order valence-electron chi connectivity index (χ2n) is 3.40. The molecule has 1 heterocycles. The SMILES string of the molecule is COc1cccc(Cn2cnccc2=O)c1. The topological polar surface area (TPSA) is 44.1 Å². The number of rotatable bonds is 3. The summed E-state index contributed by atoms with van der Waals surface area (Å²) in [6, 6.07) is 9.06. The Labute approximate surface area is 93.1 Å². The molecule has 1 aromatic heterocycles. The first-order valence-corrected chi connectivity index (χ1v) is 4.93. The second kappa shape index (κ2) is 4.61. The van der Waals surface area contributed by atoms with Crippen molar-refractivity contribution in [1.82, 2.24) is 9.55 Å². The van der Waals surface area contributed by atoms with Gasteiger partial charge in [-0.3, -0.25) is 9.36 Å². The Hall–Kier alpha value is -2.10. The Bertz CT molecular complexity index is 534. The molecule has 0 saturated carbocycles. The van der Waals surface area contributed by atoms with Crippen LogP contribution in [0.4, 0.5) is 0 Å². The molecule has 2 aromatic rings. The van der Waals surface area contributed by atoms with Crippen molar-refractivity contribution >= 4 is 0 Å². The third-order valence-electron chi connectivity index (χ3n) is 2.28. The third-order valence-corrected chi connectivity index (χ3v) is 2.28. The van der Waals surface area contributed by atoms with E-state index in [-0.39, 0.29) is 5.56 Å². The Morgan fingerprint density at radius 3 is 3.00 bits per heavy atom. The van der Waals surface area contributed by atoms with Crippen molar-refractivity contribution in [2.45, 2.75) is 6.54 Å². The van der Waals surface area contributed by atoms with E-state index in [0.29, 0.717) is 6.54 Å². The van der Waals surface area contributed by atoms with Gasteiger partial charge in [0.1, 0.15) is 5.75 Å². The lowest BCUT2D eigenvalue weighted by atomic mass is 10.2. The lowest BCUT2D eigenvalue weighted by Crippen LogP contribution is -2.19. The minimum Gasteiger partial charge on any atom is -0.497 e. The largest absolute Gasteiger partial charge is 0.497 e. The smallest absolute Gasteiger partial charge is 0.253 e. The zero-order valence-electron chi connectivity index (χ0n) is 8.96. The standard InChI is InChI=1S/C12H12N2O2/c1-16-11-4-2-3-10(7-11)8-14-9-13-6-5-12(14)15/h2-7,9H,8H2,1H3. The molecule has 1 aromatic carbocycles. The number of hydrogen-bond acceptors (Lipinski definition) is 3. The van der Waals surface area contributed by atoms with Gasteiger partial charge in [-0.1, -0.05) is 12.1 Å². The molecular formula is C12H12N2O2. The van der Waals surface area contributed by atoms with E-state index in [2.05, 4.69) is 4.98 Å². The van der Waals surface area contributed by atoms with Crippen LogP contribution in [-0.2, 0) is 6.54 Å². The highest BCUT2D eigenvalue weighted by Gasteiger charge is 1.98.